The van der Waals surface area contributed by atoms with E-state index in [1.54, 1.807) is 0 Å². The largest absolute Gasteiger partial charge is 0.481 e. The van der Waals surface area contributed by atoms with Gasteiger partial charge in [0.15, 0.2) is 0 Å². The van der Waals surface area contributed by atoms with Crippen LogP contribution in [0.25, 0.3) is 0 Å². The number of aromatic nitrogens is 2. The van der Waals surface area contributed by atoms with Gasteiger partial charge in [-0.2, -0.15) is 0 Å². The van der Waals surface area contributed by atoms with E-state index in [1.807, 2.05) is 6.07 Å². The lowest BCUT2D eigenvalue weighted by atomic mass is 10.1. The Morgan fingerprint density at radius 1 is 1.25 bits per heavy atom. The summed E-state index contributed by atoms with van der Waals surface area (Å²) in [5, 5.41) is 12.4. The van der Waals surface area contributed by atoms with Gasteiger partial charge in [-0.25, -0.2) is 9.97 Å². The Labute approximate surface area is 164 Å². The number of ether oxygens (including phenoxy) is 1. The van der Waals surface area contributed by atoms with E-state index in [9.17, 15) is 4.79 Å². The van der Waals surface area contributed by atoms with Crippen LogP contribution in [0, 0.1) is 0 Å². The number of carboxylic acid groups (broad SMARTS) is 1. The van der Waals surface area contributed by atoms with Crippen LogP contribution in [-0.4, -0.2) is 57.7 Å². The summed E-state index contributed by atoms with van der Waals surface area (Å²) in [6.45, 7) is 2.22. The van der Waals surface area contributed by atoms with Crippen LogP contribution in [0.1, 0.15) is 30.4 Å². The standard InChI is InChI=1S/C21H26N4O3/c26-21(27)7-9-25-8-3-6-18(13-25)28-20-12-19(22-14-23-20)24-17-10-15-4-1-2-5-16(15)11-17/h1-2,4-5,12,14,17-18H,3,6-11,13H2,(H,26,27)(H,22,23,24). The highest BCUT2D eigenvalue weighted by atomic mass is 16.5. The summed E-state index contributed by atoms with van der Waals surface area (Å²) in [6, 6.07) is 10.7. The minimum atomic E-state index is -0.761. The Hall–Kier alpha value is -2.67. The maximum Gasteiger partial charge on any atom is 0.304 e. The summed E-state index contributed by atoms with van der Waals surface area (Å²) in [4.78, 5) is 21.5. The summed E-state index contributed by atoms with van der Waals surface area (Å²) in [6.07, 6.45) is 5.67. The second-order valence-corrected chi connectivity index (χ2v) is 7.59. The molecular weight excluding hydrogens is 356 g/mol. The first kappa shape index (κ1) is 18.7. The number of benzene rings is 1. The Bertz CT molecular complexity index is 804. The van der Waals surface area contributed by atoms with Crippen LogP contribution in [0.3, 0.4) is 0 Å². The highest BCUT2D eigenvalue weighted by molar-refractivity contribution is 5.66. The maximum absolute atomic E-state index is 10.8. The number of anilines is 1. The van der Waals surface area contributed by atoms with Crippen molar-refractivity contribution in [3.05, 3.63) is 47.8 Å². The van der Waals surface area contributed by atoms with Gasteiger partial charge in [-0.1, -0.05) is 24.3 Å². The minimum absolute atomic E-state index is 0.0287. The molecule has 2 heterocycles. The van der Waals surface area contributed by atoms with Gasteiger partial charge >= 0.3 is 5.97 Å². The number of likely N-dealkylation sites (tertiary alicyclic amines) is 1. The number of rotatable bonds is 7. The van der Waals surface area contributed by atoms with Crippen LogP contribution in [0.2, 0.25) is 0 Å². The third kappa shape index (κ3) is 4.78. The molecule has 148 valence electrons. The lowest BCUT2D eigenvalue weighted by molar-refractivity contribution is -0.137. The average molecular weight is 382 g/mol. The molecule has 7 heteroatoms. The van der Waals surface area contributed by atoms with E-state index in [2.05, 4.69) is 44.5 Å². The fourth-order valence-corrected chi connectivity index (χ4v) is 4.09. The van der Waals surface area contributed by atoms with E-state index in [4.69, 9.17) is 9.84 Å². The summed E-state index contributed by atoms with van der Waals surface area (Å²) >= 11 is 0. The van der Waals surface area contributed by atoms with Crippen LogP contribution >= 0.6 is 0 Å². The Balaban J connectivity index is 1.32. The van der Waals surface area contributed by atoms with Crippen molar-refractivity contribution in [2.24, 2.45) is 0 Å². The fraction of sp³-hybridized carbons (Fsp3) is 0.476. The predicted molar refractivity (Wildman–Crippen MR) is 106 cm³/mol. The van der Waals surface area contributed by atoms with Crippen molar-refractivity contribution >= 4 is 11.8 Å². The molecule has 2 N–H and O–H groups in total. The van der Waals surface area contributed by atoms with Crippen molar-refractivity contribution in [3.8, 4) is 5.88 Å². The topological polar surface area (TPSA) is 87.6 Å². The van der Waals surface area contributed by atoms with Gasteiger partial charge in [0.05, 0.1) is 6.42 Å². The van der Waals surface area contributed by atoms with E-state index in [-0.39, 0.29) is 12.5 Å². The molecule has 1 aromatic carbocycles. The first-order valence-corrected chi connectivity index (χ1v) is 9.92. The third-order valence-corrected chi connectivity index (χ3v) is 5.44. The Morgan fingerprint density at radius 2 is 2.04 bits per heavy atom. The van der Waals surface area contributed by atoms with Crippen LogP contribution in [0.4, 0.5) is 5.82 Å². The zero-order valence-electron chi connectivity index (χ0n) is 15.9. The fourth-order valence-electron chi connectivity index (χ4n) is 4.09. The van der Waals surface area contributed by atoms with E-state index in [1.165, 1.54) is 17.5 Å². The quantitative estimate of drug-likeness (QED) is 0.760. The van der Waals surface area contributed by atoms with E-state index in [0.29, 0.717) is 18.5 Å². The van der Waals surface area contributed by atoms with Gasteiger partial charge in [0.1, 0.15) is 18.2 Å². The molecule has 0 amide bonds. The van der Waals surface area contributed by atoms with Gasteiger partial charge in [-0.3, -0.25) is 9.69 Å². The number of fused-ring (bicyclic) bond motifs is 1. The molecule has 28 heavy (non-hydrogen) atoms. The van der Waals surface area contributed by atoms with Crippen LogP contribution in [-0.2, 0) is 17.6 Å². The lowest BCUT2D eigenvalue weighted by Crippen LogP contribution is -2.42. The molecule has 1 atom stereocenters. The van der Waals surface area contributed by atoms with Crippen LogP contribution in [0.5, 0.6) is 5.88 Å². The number of aliphatic carboxylic acids is 1. The summed E-state index contributed by atoms with van der Waals surface area (Å²) in [7, 11) is 0. The molecule has 0 bridgehead atoms. The number of nitrogens with one attached hydrogen (secondary N) is 1. The van der Waals surface area contributed by atoms with Gasteiger partial charge in [-0.05, 0) is 43.4 Å². The van der Waals surface area contributed by atoms with Crippen molar-refractivity contribution in [3.63, 3.8) is 0 Å². The summed E-state index contributed by atoms with van der Waals surface area (Å²) in [5.74, 6) is 0.586. The Morgan fingerprint density at radius 3 is 2.79 bits per heavy atom. The van der Waals surface area contributed by atoms with Gasteiger partial charge < -0.3 is 15.2 Å². The molecule has 7 nitrogen and oxygen atoms in total. The molecule has 1 saturated heterocycles. The second kappa shape index (κ2) is 8.56. The van der Waals surface area contributed by atoms with E-state index >= 15 is 0 Å². The van der Waals surface area contributed by atoms with Crippen molar-refractivity contribution in [1.82, 2.24) is 14.9 Å². The van der Waals surface area contributed by atoms with Gasteiger partial charge in [-0.15, -0.1) is 0 Å². The monoisotopic (exact) mass is 382 g/mol. The summed E-state index contributed by atoms with van der Waals surface area (Å²) < 4.78 is 6.08. The van der Waals surface area contributed by atoms with Crippen molar-refractivity contribution < 1.29 is 14.6 Å². The second-order valence-electron chi connectivity index (χ2n) is 7.59. The minimum Gasteiger partial charge on any atom is -0.481 e. The normalized spacial score (nSPS) is 19.9. The van der Waals surface area contributed by atoms with Crippen molar-refractivity contribution in [2.45, 2.75) is 44.2 Å². The molecule has 1 fully saturated rings. The smallest absolute Gasteiger partial charge is 0.304 e. The van der Waals surface area contributed by atoms with Gasteiger partial charge in [0, 0.05) is 25.2 Å². The first-order chi connectivity index (χ1) is 13.7. The van der Waals surface area contributed by atoms with Crippen LogP contribution < -0.4 is 10.1 Å². The third-order valence-electron chi connectivity index (χ3n) is 5.44. The molecule has 0 radical (unpaired) electrons. The highest BCUT2D eigenvalue weighted by Gasteiger charge is 2.23. The first-order valence-electron chi connectivity index (χ1n) is 9.92. The number of hydrogen-bond acceptors (Lipinski definition) is 6. The molecule has 0 saturated carbocycles. The molecule has 1 aliphatic heterocycles. The lowest BCUT2D eigenvalue weighted by Gasteiger charge is -2.32. The molecule has 2 aliphatic rings. The van der Waals surface area contributed by atoms with E-state index in [0.717, 1.165) is 44.6 Å². The Kier molecular flexibility index (Phi) is 5.71. The van der Waals surface area contributed by atoms with Crippen LogP contribution in [0.15, 0.2) is 36.7 Å². The zero-order chi connectivity index (χ0) is 19.3. The number of carbonyl (C=O) groups is 1. The molecule has 4 rings (SSSR count). The zero-order valence-corrected chi connectivity index (χ0v) is 15.9. The maximum atomic E-state index is 10.8. The highest BCUT2D eigenvalue weighted by Crippen LogP contribution is 2.25. The molecule has 0 spiro atoms. The van der Waals surface area contributed by atoms with Crippen molar-refractivity contribution in [2.75, 3.05) is 25.0 Å². The number of nitrogens with zero attached hydrogens (tertiary/aromatic N) is 3. The summed E-state index contributed by atoms with van der Waals surface area (Å²) in [5.41, 5.74) is 2.79. The van der Waals surface area contributed by atoms with E-state index < -0.39 is 5.97 Å². The van der Waals surface area contributed by atoms with Gasteiger partial charge in [0.25, 0.3) is 0 Å². The van der Waals surface area contributed by atoms with Crippen molar-refractivity contribution in [1.29, 1.82) is 0 Å². The molecule has 1 unspecified atom stereocenters. The predicted octanol–water partition coefficient (Wildman–Crippen LogP) is 2.37. The van der Waals surface area contributed by atoms with Gasteiger partial charge in [0.2, 0.25) is 5.88 Å². The molecule has 1 aliphatic carbocycles. The molecular formula is C21H26N4O3. The number of hydrogen-bond donors (Lipinski definition) is 2. The molecule has 2 aromatic rings. The number of carboxylic acids is 1. The molecule has 1 aromatic heterocycles. The number of piperidine rings is 1. The average Bonchev–Trinajstić information content (AvgIpc) is 3.09. The SMILES string of the molecule is O=C(O)CCN1CCCC(Oc2cc(NC3Cc4ccccc4C3)ncn2)C1.